The first kappa shape index (κ1) is 13.3. The van der Waals surface area contributed by atoms with Gasteiger partial charge in [-0.25, -0.2) is 4.79 Å². The molecule has 7 heteroatoms. The smallest absolute Gasteiger partial charge is 0.394 e. The second-order valence-electron chi connectivity index (χ2n) is 1.84. The highest BCUT2D eigenvalue weighted by Gasteiger charge is 2.18. The van der Waals surface area contributed by atoms with Gasteiger partial charge in [0, 0.05) is 0 Å². The SMILES string of the molecule is CC(NC(=O)C(=O)O)C(=O)O.Cl. The zero-order valence-electron chi connectivity index (χ0n) is 6.10. The molecule has 0 heterocycles. The zero-order valence-corrected chi connectivity index (χ0v) is 6.92. The Balaban J connectivity index is 0. The van der Waals surface area contributed by atoms with Crippen LogP contribution in [0.2, 0.25) is 0 Å². The van der Waals surface area contributed by atoms with Crippen LogP contribution in [-0.4, -0.2) is 34.1 Å². The van der Waals surface area contributed by atoms with Crippen molar-refractivity contribution in [1.29, 1.82) is 0 Å². The summed E-state index contributed by atoms with van der Waals surface area (Å²) >= 11 is 0. The summed E-state index contributed by atoms with van der Waals surface area (Å²) < 4.78 is 0. The molecule has 0 aliphatic rings. The fourth-order valence-corrected chi connectivity index (χ4v) is 0.320. The molecule has 0 radical (unpaired) electrons. The van der Waals surface area contributed by atoms with Crippen molar-refractivity contribution in [2.75, 3.05) is 0 Å². The molecule has 0 spiro atoms. The van der Waals surface area contributed by atoms with Gasteiger partial charge in [0.15, 0.2) is 0 Å². The lowest BCUT2D eigenvalue weighted by Gasteiger charge is -2.04. The molecule has 6 nitrogen and oxygen atoms in total. The van der Waals surface area contributed by atoms with Crippen LogP contribution in [0.3, 0.4) is 0 Å². The van der Waals surface area contributed by atoms with E-state index in [1.807, 2.05) is 0 Å². The second kappa shape index (κ2) is 5.36. The molecular weight excluding hydrogens is 190 g/mol. The number of rotatable bonds is 2. The monoisotopic (exact) mass is 197 g/mol. The summed E-state index contributed by atoms with van der Waals surface area (Å²) in [5, 5.41) is 18.0. The predicted molar refractivity (Wildman–Crippen MR) is 40.1 cm³/mol. The molecule has 0 aliphatic heterocycles. The lowest BCUT2D eigenvalue weighted by atomic mass is 10.3. The Morgan fingerprint density at radius 2 is 1.67 bits per heavy atom. The molecule has 1 amide bonds. The summed E-state index contributed by atoms with van der Waals surface area (Å²) in [6.45, 7) is 1.17. The molecule has 0 aromatic heterocycles. The third-order valence-electron chi connectivity index (χ3n) is 0.912. The first-order valence-electron chi connectivity index (χ1n) is 2.71. The number of hydrogen-bond donors (Lipinski definition) is 3. The van der Waals surface area contributed by atoms with E-state index in [9.17, 15) is 14.4 Å². The van der Waals surface area contributed by atoms with Gasteiger partial charge in [0.1, 0.15) is 6.04 Å². The number of halogens is 1. The fourth-order valence-electron chi connectivity index (χ4n) is 0.320. The van der Waals surface area contributed by atoms with Gasteiger partial charge >= 0.3 is 17.8 Å². The second-order valence-corrected chi connectivity index (χ2v) is 1.84. The van der Waals surface area contributed by atoms with Gasteiger partial charge < -0.3 is 15.5 Å². The molecule has 0 fully saturated rings. The van der Waals surface area contributed by atoms with Crippen molar-refractivity contribution in [2.45, 2.75) is 13.0 Å². The van der Waals surface area contributed by atoms with Crippen LogP contribution in [0.15, 0.2) is 0 Å². The number of nitrogens with one attached hydrogen (secondary N) is 1. The largest absolute Gasteiger partial charge is 0.480 e. The Bertz CT molecular complexity index is 204. The normalized spacial score (nSPS) is 10.8. The van der Waals surface area contributed by atoms with E-state index < -0.39 is 23.9 Å². The predicted octanol–water partition coefficient (Wildman–Crippen LogP) is -0.918. The zero-order chi connectivity index (χ0) is 9.02. The van der Waals surface area contributed by atoms with Crippen LogP contribution in [-0.2, 0) is 14.4 Å². The van der Waals surface area contributed by atoms with Crippen LogP contribution >= 0.6 is 12.4 Å². The first-order valence-corrected chi connectivity index (χ1v) is 2.71. The van der Waals surface area contributed by atoms with Crippen molar-refractivity contribution in [1.82, 2.24) is 5.32 Å². The van der Waals surface area contributed by atoms with Crippen LogP contribution in [0.5, 0.6) is 0 Å². The molecule has 1 atom stereocenters. The van der Waals surface area contributed by atoms with Crippen LogP contribution in [0, 0.1) is 0 Å². The Morgan fingerprint density at radius 1 is 1.25 bits per heavy atom. The summed E-state index contributed by atoms with van der Waals surface area (Å²) in [6.07, 6.45) is 0. The molecule has 0 aliphatic carbocycles. The van der Waals surface area contributed by atoms with Gasteiger partial charge in [0.05, 0.1) is 0 Å². The van der Waals surface area contributed by atoms with Crippen LogP contribution < -0.4 is 5.32 Å². The van der Waals surface area contributed by atoms with Crippen LogP contribution in [0.1, 0.15) is 6.92 Å². The molecule has 0 bridgehead atoms. The Hall–Kier alpha value is -1.30. The number of carboxylic acid groups (broad SMARTS) is 2. The van der Waals surface area contributed by atoms with Gasteiger partial charge in [0.2, 0.25) is 0 Å². The molecule has 12 heavy (non-hydrogen) atoms. The van der Waals surface area contributed by atoms with E-state index in [0.29, 0.717) is 0 Å². The Morgan fingerprint density at radius 3 is 1.92 bits per heavy atom. The van der Waals surface area contributed by atoms with Gasteiger partial charge in [-0.05, 0) is 6.92 Å². The van der Waals surface area contributed by atoms with Crippen molar-refractivity contribution in [3.63, 3.8) is 0 Å². The van der Waals surface area contributed by atoms with Gasteiger partial charge in [0.25, 0.3) is 0 Å². The fraction of sp³-hybridized carbons (Fsp3) is 0.400. The molecule has 0 saturated carbocycles. The van der Waals surface area contributed by atoms with E-state index in [2.05, 4.69) is 0 Å². The number of aliphatic carboxylic acids is 2. The molecule has 3 N–H and O–H groups in total. The number of hydrogen-bond acceptors (Lipinski definition) is 3. The van der Waals surface area contributed by atoms with Crippen molar-refractivity contribution in [2.24, 2.45) is 0 Å². The number of carbonyl (C=O) groups excluding carboxylic acids is 1. The van der Waals surface area contributed by atoms with Gasteiger partial charge in [-0.15, -0.1) is 12.4 Å². The lowest BCUT2D eigenvalue weighted by Crippen LogP contribution is -2.41. The summed E-state index contributed by atoms with van der Waals surface area (Å²) in [5.41, 5.74) is 0. The molecule has 0 saturated heterocycles. The first-order chi connectivity index (χ1) is 4.95. The minimum absolute atomic E-state index is 0. The third kappa shape index (κ3) is 4.51. The Labute approximate surface area is 74.0 Å². The van der Waals surface area contributed by atoms with Crippen molar-refractivity contribution >= 4 is 30.3 Å². The van der Waals surface area contributed by atoms with E-state index >= 15 is 0 Å². The molecule has 0 aromatic rings. The number of carbonyl (C=O) groups is 3. The maximum absolute atomic E-state index is 10.3. The minimum atomic E-state index is -1.70. The van der Waals surface area contributed by atoms with Gasteiger partial charge in [-0.3, -0.25) is 9.59 Å². The summed E-state index contributed by atoms with van der Waals surface area (Å²) in [7, 11) is 0. The summed E-state index contributed by atoms with van der Waals surface area (Å²) in [4.78, 5) is 30.2. The average molecular weight is 198 g/mol. The topological polar surface area (TPSA) is 104 Å². The molecule has 0 rings (SSSR count). The summed E-state index contributed by atoms with van der Waals surface area (Å²) in [5.74, 6) is -4.29. The number of amides is 1. The molecule has 70 valence electrons. The van der Waals surface area contributed by atoms with Crippen molar-refractivity contribution in [3.8, 4) is 0 Å². The minimum Gasteiger partial charge on any atom is -0.480 e. The van der Waals surface area contributed by atoms with Gasteiger partial charge in [-0.2, -0.15) is 0 Å². The maximum Gasteiger partial charge on any atom is 0.394 e. The van der Waals surface area contributed by atoms with Crippen molar-refractivity contribution < 1.29 is 24.6 Å². The van der Waals surface area contributed by atoms with E-state index in [1.165, 1.54) is 6.92 Å². The highest BCUT2D eigenvalue weighted by molar-refractivity contribution is 6.31. The molecule has 1 unspecified atom stereocenters. The van der Waals surface area contributed by atoms with Crippen molar-refractivity contribution in [3.05, 3.63) is 0 Å². The standard InChI is InChI=1S/C5H7NO5.ClH/c1-2(4(8)9)6-3(7)5(10)11;/h2H,1H3,(H,6,7)(H,8,9)(H,10,11);1H. The van der Waals surface area contributed by atoms with E-state index in [-0.39, 0.29) is 12.4 Å². The van der Waals surface area contributed by atoms with Crippen LogP contribution in [0.25, 0.3) is 0 Å². The summed E-state index contributed by atoms with van der Waals surface area (Å²) in [6, 6.07) is -1.18. The molecule has 0 aromatic carbocycles. The van der Waals surface area contributed by atoms with E-state index in [0.717, 1.165) is 0 Å². The quantitative estimate of drug-likeness (QED) is 0.497. The van der Waals surface area contributed by atoms with E-state index in [1.54, 1.807) is 5.32 Å². The lowest BCUT2D eigenvalue weighted by molar-refractivity contribution is -0.151. The molecular formula is C5H8ClNO5. The third-order valence-corrected chi connectivity index (χ3v) is 0.912. The average Bonchev–Trinajstić information content (AvgIpc) is 1.87. The van der Waals surface area contributed by atoms with Crippen LogP contribution in [0.4, 0.5) is 0 Å². The van der Waals surface area contributed by atoms with Gasteiger partial charge in [-0.1, -0.05) is 0 Å². The highest BCUT2D eigenvalue weighted by Crippen LogP contribution is 1.80. The van der Waals surface area contributed by atoms with E-state index in [4.69, 9.17) is 10.2 Å². The maximum atomic E-state index is 10.3. The number of carboxylic acids is 2. The highest BCUT2D eigenvalue weighted by atomic mass is 35.5. The Kier molecular flexibility index (Phi) is 5.94.